The summed E-state index contributed by atoms with van der Waals surface area (Å²) in [7, 11) is 0. The minimum absolute atomic E-state index is 0.0166. The van der Waals surface area contributed by atoms with Crippen LogP contribution in [0.2, 0.25) is 5.02 Å². The maximum Gasteiger partial charge on any atom is 0.243 e. The van der Waals surface area contributed by atoms with E-state index in [0.717, 1.165) is 12.0 Å². The molecule has 6 heteroatoms. The van der Waals surface area contributed by atoms with Gasteiger partial charge in [-0.3, -0.25) is 9.59 Å². The van der Waals surface area contributed by atoms with Crippen LogP contribution in [0, 0.1) is 5.82 Å². The first-order chi connectivity index (χ1) is 13.8. The van der Waals surface area contributed by atoms with Gasteiger partial charge in [-0.1, -0.05) is 55.8 Å². The Labute approximate surface area is 177 Å². The van der Waals surface area contributed by atoms with Gasteiger partial charge >= 0.3 is 0 Å². The topological polar surface area (TPSA) is 49.4 Å². The van der Waals surface area contributed by atoms with Crippen molar-refractivity contribution in [2.24, 2.45) is 0 Å². The summed E-state index contributed by atoms with van der Waals surface area (Å²) in [6.45, 7) is 6.02. The minimum Gasteiger partial charge on any atom is -0.352 e. The Morgan fingerprint density at radius 3 is 2.31 bits per heavy atom. The number of benzene rings is 2. The number of hydrogen-bond donors (Lipinski definition) is 1. The Hall–Kier alpha value is -2.40. The normalized spacial score (nSPS) is 12.9. The maximum atomic E-state index is 13.3. The minimum atomic E-state index is -0.621. The average Bonchev–Trinajstić information content (AvgIpc) is 2.70. The van der Waals surface area contributed by atoms with Gasteiger partial charge in [-0.05, 0) is 49.1 Å². The largest absolute Gasteiger partial charge is 0.352 e. The molecular formula is C23H28ClFN2O2. The number of carbonyl (C=O) groups is 2. The molecule has 0 aliphatic carbocycles. The Morgan fingerprint density at radius 2 is 1.72 bits per heavy atom. The van der Waals surface area contributed by atoms with Crippen LogP contribution in [0.4, 0.5) is 4.39 Å². The van der Waals surface area contributed by atoms with E-state index in [0.29, 0.717) is 17.0 Å². The van der Waals surface area contributed by atoms with E-state index in [1.807, 2.05) is 26.8 Å². The average molecular weight is 419 g/mol. The summed E-state index contributed by atoms with van der Waals surface area (Å²) in [5.74, 6) is -0.728. The fraction of sp³-hybridized carbons (Fsp3) is 0.391. The Bertz CT molecular complexity index is 826. The van der Waals surface area contributed by atoms with E-state index in [1.165, 1.54) is 12.1 Å². The first-order valence-electron chi connectivity index (χ1n) is 9.93. The molecule has 156 valence electrons. The second-order valence-electron chi connectivity index (χ2n) is 7.16. The fourth-order valence-corrected chi connectivity index (χ4v) is 3.26. The van der Waals surface area contributed by atoms with Crippen molar-refractivity contribution in [2.75, 3.05) is 0 Å². The number of halogens is 2. The Morgan fingerprint density at radius 1 is 1.07 bits per heavy atom. The van der Waals surface area contributed by atoms with Crippen molar-refractivity contribution in [1.29, 1.82) is 0 Å². The van der Waals surface area contributed by atoms with E-state index in [9.17, 15) is 14.0 Å². The second-order valence-corrected chi connectivity index (χ2v) is 7.57. The summed E-state index contributed by atoms with van der Waals surface area (Å²) in [5, 5.41) is 3.48. The molecule has 2 aromatic rings. The van der Waals surface area contributed by atoms with Crippen molar-refractivity contribution < 1.29 is 14.0 Å². The van der Waals surface area contributed by atoms with E-state index in [4.69, 9.17) is 11.6 Å². The van der Waals surface area contributed by atoms with Crippen molar-refractivity contribution >= 4 is 23.4 Å². The van der Waals surface area contributed by atoms with Gasteiger partial charge in [0, 0.05) is 17.6 Å². The zero-order chi connectivity index (χ0) is 21.4. The zero-order valence-corrected chi connectivity index (χ0v) is 17.9. The highest BCUT2D eigenvalue weighted by atomic mass is 35.5. The van der Waals surface area contributed by atoms with Crippen molar-refractivity contribution in [3.63, 3.8) is 0 Å². The lowest BCUT2D eigenvalue weighted by molar-refractivity contribution is -0.141. The van der Waals surface area contributed by atoms with Gasteiger partial charge in [0.2, 0.25) is 11.8 Å². The molecule has 0 saturated heterocycles. The highest BCUT2D eigenvalue weighted by molar-refractivity contribution is 6.31. The van der Waals surface area contributed by atoms with E-state index < -0.39 is 6.04 Å². The van der Waals surface area contributed by atoms with Gasteiger partial charge in [0.1, 0.15) is 11.9 Å². The highest BCUT2D eigenvalue weighted by Crippen LogP contribution is 2.19. The summed E-state index contributed by atoms with van der Waals surface area (Å²) < 4.78 is 13.3. The van der Waals surface area contributed by atoms with Crippen LogP contribution in [0.5, 0.6) is 0 Å². The van der Waals surface area contributed by atoms with Crippen LogP contribution >= 0.6 is 11.6 Å². The third kappa shape index (κ3) is 6.57. The van der Waals surface area contributed by atoms with Crippen molar-refractivity contribution in [2.45, 2.75) is 58.7 Å². The van der Waals surface area contributed by atoms with Gasteiger partial charge in [0.15, 0.2) is 0 Å². The Kier molecular flexibility index (Phi) is 8.65. The monoisotopic (exact) mass is 418 g/mol. The lowest BCUT2D eigenvalue weighted by atomic mass is 10.1. The Balaban J connectivity index is 2.29. The molecule has 0 unspecified atom stereocenters. The summed E-state index contributed by atoms with van der Waals surface area (Å²) in [6, 6.07) is 12.5. The maximum absolute atomic E-state index is 13.3. The molecule has 2 aromatic carbocycles. The molecule has 0 saturated carbocycles. The number of nitrogens with zero attached hydrogens (tertiary/aromatic N) is 1. The third-order valence-corrected chi connectivity index (χ3v) is 5.32. The van der Waals surface area contributed by atoms with Gasteiger partial charge in [-0.2, -0.15) is 0 Å². The molecule has 0 heterocycles. The molecule has 2 atom stereocenters. The van der Waals surface area contributed by atoms with Crippen molar-refractivity contribution in [3.05, 3.63) is 70.5 Å². The SMILES string of the molecule is CC[C@@H](C)NC(=O)[C@@H](CC)N(Cc1ccc(F)cc1)C(=O)Cc1ccccc1Cl. The third-order valence-electron chi connectivity index (χ3n) is 4.95. The summed E-state index contributed by atoms with van der Waals surface area (Å²) >= 11 is 6.22. The number of amides is 2. The number of rotatable bonds is 9. The summed E-state index contributed by atoms with van der Waals surface area (Å²) in [6.07, 6.45) is 1.36. The number of carbonyl (C=O) groups excluding carboxylic acids is 2. The van der Waals surface area contributed by atoms with Crippen LogP contribution in [-0.2, 0) is 22.6 Å². The van der Waals surface area contributed by atoms with Crippen LogP contribution in [0.25, 0.3) is 0 Å². The van der Waals surface area contributed by atoms with Crippen LogP contribution in [0.15, 0.2) is 48.5 Å². The predicted octanol–water partition coefficient (Wildman–Crippen LogP) is 4.74. The smallest absolute Gasteiger partial charge is 0.243 e. The second kappa shape index (κ2) is 11.0. The fourth-order valence-electron chi connectivity index (χ4n) is 3.05. The lowest BCUT2D eigenvalue weighted by Gasteiger charge is -2.31. The van der Waals surface area contributed by atoms with Crippen LogP contribution < -0.4 is 5.32 Å². The molecule has 0 fully saturated rings. The molecule has 29 heavy (non-hydrogen) atoms. The highest BCUT2D eigenvalue weighted by Gasteiger charge is 2.29. The van der Waals surface area contributed by atoms with Crippen LogP contribution in [0.3, 0.4) is 0 Å². The molecule has 0 spiro atoms. The van der Waals surface area contributed by atoms with Crippen molar-refractivity contribution in [1.82, 2.24) is 10.2 Å². The van der Waals surface area contributed by atoms with Gasteiger partial charge in [0.05, 0.1) is 6.42 Å². The molecule has 2 rings (SSSR count). The summed E-state index contributed by atoms with van der Waals surface area (Å²) in [4.78, 5) is 27.6. The van der Waals surface area contributed by atoms with E-state index in [-0.39, 0.29) is 36.6 Å². The molecule has 0 aromatic heterocycles. The van der Waals surface area contributed by atoms with Gasteiger partial charge < -0.3 is 10.2 Å². The number of hydrogen-bond acceptors (Lipinski definition) is 2. The van der Waals surface area contributed by atoms with E-state index >= 15 is 0 Å². The molecule has 1 N–H and O–H groups in total. The first kappa shape index (κ1) is 22.9. The van der Waals surface area contributed by atoms with Gasteiger partial charge in [0.25, 0.3) is 0 Å². The lowest BCUT2D eigenvalue weighted by Crippen LogP contribution is -2.51. The molecule has 0 aliphatic heterocycles. The summed E-state index contributed by atoms with van der Waals surface area (Å²) in [5.41, 5.74) is 1.47. The predicted molar refractivity (Wildman–Crippen MR) is 114 cm³/mol. The molecular weight excluding hydrogens is 391 g/mol. The standard InChI is InChI=1S/C23H28ClFN2O2/c1-4-16(3)26-23(29)21(5-2)27(15-17-10-12-19(25)13-11-17)22(28)14-18-8-6-7-9-20(18)24/h6-13,16,21H,4-5,14-15H2,1-3H3,(H,26,29)/t16-,21-/m1/s1. The molecule has 4 nitrogen and oxygen atoms in total. The quantitative estimate of drug-likeness (QED) is 0.639. The van der Waals surface area contributed by atoms with E-state index in [1.54, 1.807) is 35.2 Å². The van der Waals surface area contributed by atoms with E-state index in [2.05, 4.69) is 5.32 Å². The van der Waals surface area contributed by atoms with Crippen LogP contribution in [-0.4, -0.2) is 28.8 Å². The first-order valence-corrected chi connectivity index (χ1v) is 10.3. The van der Waals surface area contributed by atoms with Crippen molar-refractivity contribution in [3.8, 4) is 0 Å². The molecule has 0 radical (unpaired) electrons. The van der Waals surface area contributed by atoms with Gasteiger partial charge in [-0.25, -0.2) is 4.39 Å². The van der Waals surface area contributed by atoms with Gasteiger partial charge in [-0.15, -0.1) is 0 Å². The zero-order valence-electron chi connectivity index (χ0n) is 17.1. The molecule has 0 aliphatic rings. The molecule has 0 bridgehead atoms. The van der Waals surface area contributed by atoms with Crippen LogP contribution in [0.1, 0.15) is 44.7 Å². The molecule has 2 amide bonds. The number of nitrogens with one attached hydrogen (secondary N) is 1.